The second kappa shape index (κ2) is 8.54. The van der Waals surface area contributed by atoms with Gasteiger partial charge in [-0.25, -0.2) is 0 Å². The van der Waals surface area contributed by atoms with Gasteiger partial charge in [0.2, 0.25) is 5.91 Å². The largest absolute Gasteiger partial charge is 0.390 e. The number of nitrogens with one attached hydrogen (secondary N) is 1. The lowest BCUT2D eigenvalue weighted by molar-refractivity contribution is -0.121. The molecule has 3 heterocycles. The lowest BCUT2D eigenvalue weighted by Crippen LogP contribution is -2.42. The number of aryl methyl sites for hydroxylation is 1. The van der Waals surface area contributed by atoms with Crippen LogP contribution in [0.15, 0.2) is 55.0 Å². The van der Waals surface area contributed by atoms with E-state index in [-0.39, 0.29) is 12.5 Å². The number of carbonyl (C=O) groups excluding carboxylic acids is 1. The van der Waals surface area contributed by atoms with Crippen molar-refractivity contribution in [2.75, 3.05) is 19.6 Å². The molecule has 0 spiro atoms. The maximum Gasteiger partial charge on any atom is 0.221 e. The Kier molecular flexibility index (Phi) is 5.69. The number of aromatic nitrogens is 2. The normalized spacial score (nSPS) is 15.3. The molecule has 6 nitrogen and oxygen atoms in total. The quantitative estimate of drug-likeness (QED) is 0.659. The number of fused-ring (bicyclic) bond motifs is 2. The topological polar surface area (TPSA) is 70.4 Å². The van der Waals surface area contributed by atoms with Crippen molar-refractivity contribution in [2.45, 2.75) is 32.0 Å². The predicted octanol–water partition coefficient (Wildman–Crippen LogP) is 1.96. The molecule has 1 unspecified atom stereocenters. The van der Waals surface area contributed by atoms with Gasteiger partial charge < -0.3 is 15.0 Å². The summed E-state index contributed by atoms with van der Waals surface area (Å²) >= 11 is 0. The van der Waals surface area contributed by atoms with Gasteiger partial charge in [0.25, 0.3) is 0 Å². The van der Waals surface area contributed by atoms with E-state index >= 15 is 0 Å². The van der Waals surface area contributed by atoms with Gasteiger partial charge in [0.15, 0.2) is 0 Å². The van der Waals surface area contributed by atoms with Crippen LogP contribution in [-0.2, 0) is 24.3 Å². The monoisotopic (exact) mass is 378 g/mol. The van der Waals surface area contributed by atoms with Gasteiger partial charge in [-0.3, -0.25) is 14.7 Å². The fourth-order valence-electron chi connectivity index (χ4n) is 3.77. The fraction of sp³-hybridized carbons (Fsp3) is 0.364. The lowest BCUT2D eigenvalue weighted by atomic mass is 10.00. The Bertz CT molecular complexity index is 919. The van der Waals surface area contributed by atoms with Crippen molar-refractivity contribution < 1.29 is 9.90 Å². The van der Waals surface area contributed by atoms with Crippen LogP contribution in [-0.4, -0.2) is 51.2 Å². The summed E-state index contributed by atoms with van der Waals surface area (Å²) in [4.78, 5) is 18.7. The zero-order chi connectivity index (χ0) is 19.3. The van der Waals surface area contributed by atoms with Crippen molar-refractivity contribution >= 4 is 16.8 Å². The molecular weight excluding hydrogens is 352 g/mol. The number of hydrogen-bond donors (Lipinski definition) is 2. The molecule has 2 aromatic heterocycles. The van der Waals surface area contributed by atoms with Crippen LogP contribution in [0.1, 0.15) is 17.5 Å². The molecule has 4 rings (SSSR count). The highest BCUT2D eigenvalue weighted by Crippen LogP contribution is 2.18. The van der Waals surface area contributed by atoms with Gasteiger partial charge in [0.05, 0.1) is 11.6 Å². The highest BCUT2D eigenvalue weighted by Gasteiger charge is 2.18. The number of β-amino-alcohol motifs (C(OH)–C–C–N with tert-alkyl or cyclic N) is 1. The zero-order valence-corrected chi connectivity index (χ0v) is 15.9. The van der Waals surface area contributed by atoms with Gasteiger partial charge in [0, 0.05) is 63.1 Å². The average Bonchev–Trinajstić information content (AvgIpc) is 3.14. The van der Waals surface area contributed by atoms with Crippen molar-refractivity contribution in [3.63, 3.8) is 0 Å². The first-order valence-corrected chi connectivity index (χ1v) is 9.82. The summed E-state index contributed by atoms with van der Waals surface area (Å²) in [6.45, 7) is 3.25. The van der Waals surface area contributed by atoms with E-state index in [0.717, 1.165) is 30.4 Å². The van der Waals surface area contributed by atoms with E-state index in [1.54, 1.807) is 6.20 Å². The number of nitrogens with zero attached hydrogens (tertiary/aromatic N) is 3. The molecule has 0 saturated carbocycles. The van der Waals surface area contributed by atoms with Gasteiger partial charge >= 0.3 is 0 Å². The summed E-state index contributed by atoms with van der Waals surface area (Å²) in [6, 6.07) is 12.4. The van der Waals surface area contributed by atoms with Crippen LogP contribution in [0, 0.1) is 0 Å². The average molecular weight is 378 g/mol. The molecule has 0 fully saturated rings. The smallest absolute Gasteiger partial charge is 0.221 e. The number of rotatable bonds is 7. The molecule has 28 heavy (non-hydrogen) atoms. The molecular formula is C22H26N4O2. The van der Waals surface area contributed by atoms with E-state index in [1.807, 2.05) is 29.1 Å². The highest BCUT2D eigenvalue weighted by molar-refractivity contribution is 5.78. The minimum absolute atomic E-state index is 0.0474. The number of hydrogen-bond acceptors (Lipinski definition) is 4. The van der Waals surface area contributed by atoms with Crippen LogP contribution in [0.4, 0.5) is 0 Å². The van der Waals surface area contributed by atoms with Crippen LogP contribution >= 0.6 is 0 Å². The molecule has 0 bridgehead atoms. The molecule has 1 amide bonds. The molecule has 6 heteroatoms. The van der Waals surface area contributed by atoms with Crippen LogP contribution in [0.25, 0.3) is 10.9 Å². The molecule has 0 aliphatic carbocycles. The minimum atomic E-state index is -0.562. The molecule has 3 aromatic rings. The molecule has 2 N–H and O–H groups in total. The first kappa shape index (κ1) is 18.7. The third kappa shape index (κ3) is 4.58. The summed E-state index contributed by atoms with van der Waals surface area (Å²) in [6.07, 6.45) is 6.54. The maximum atomic E-state index is 12.1. The van der Waals surface area contributed by atoms with E-state index < -0.39 is 6.10 Å². The van der Waals surface area contributed by atoms with E-state index in [9.17, 15) is 9.90 Å². The minimum Gasteiger partial charge on any atom is -0.390 e. The molecule has 0 radical (unpaired) electrons. The van der Waals surface area contributed by atoms with Gasteiger partial charge in [-0.1, -0.05) is 24.3 Å². The van der Waals surface area contributed by atoms with Crippen LogP contribution in [0.5, 0.6) is 0 Å². The number of carbonyl (C=O) groups is 1. The molecule has 1 aliphatic heterocycles. The van der Waals surface area contributed by atoms with Crippen LogP contribution < -0.4 is 5.32 Å². The molecule has 1 aliphatic rings. The number of pyridine rings is 1. The Balaban J connectivity index is 1.19. The Morgan fingerprint density at radius 2 is 2.04 bits per heavy atom. The predicted molar refractivity (Wildman–Crippen MR) is 109 cm³/mol. The van der Waals surface area contributed by atoms with Gasteiger partial charge in [-0.05, 0) is 29.7 Å². The van der Waals surface area contributed by atoms with Gasteiger partial charge in [0.1, 0.15) is 0 Å². The molecule has 1 atom stereocenters. The highest BCUT2D eigenvalue weighted by atomic mass is 16.3. The van der Waals surface area contributed by atoms with Crippen molar-refractivity contribution in [1.82, 2.24) is 19.8 Å². The van der Waals surface area contributed by atoms with Crippen molar-refractivity contribution in [3.8, 4) is 0 Å². The first-order valence-electron chi connectivity index (χ1n) is 9.82. The third-order valence-electron chi connectivity index (χ3n) is 5.27. The SMILES string of the molecule is O=C(CCn1cc2cccnc2c1)NCC(O)CN1CCc2ccccc2C1. The second-order valence-electron chi connectivity index (χ2n) is 7.44. The summed E-state index contributed by atoms with van der Waals surface area (Å²) in [5, 5.41) is 14.2. The van der Waals surface area contributed by atoms with E-state index in [2.05, 4.69) is 39.5 Å². The summed E-state index contributed by atoms with van der Waals surface area (Å²) in [7, 11) is 0. The fourth-order valence-corrected chi connectivity index (χ4v) is 3.77. The van der Waals surface area contributed by atoms with Gasteiger partial charge in [-0.2, -0.15) is 0 Å². The number of aliphatic hydroxyl groups is 1. The summed E-state index contributed by atoms with van der Waals surface area (Å²) in [5.74, 6) is -0.0474. The first-order chi connectivity index (χ1) is 13.7. The third-order valence-corrected chi connectivity index (χ3v) is 5.27. The summed E-state index contributed by atoms with van der Waals surface area (Å²) < 4.78 is 1.98. The van der Waals surface area contributed by atoms with Crippen LogP contribution in [0.2, 0.25) is 0 Å². The summed E-state index contributed by atoms with van der Waals surface area (Å²) in [5.41, 5.74) is 3.66. The Morgan fingerprint density at radius 1 is 1.18 bits per heavy atom. The van der Waals surface area contributed by atoms with Crippen LogP contribution in [0.3, 0.4) is 0 Å². The van der Waals surface area contributed by atoms with E-state index in [4.69, 9.17) is 0 Å². The molecule has 1 aromatic carbocycles. The molecule has 0 saturated heterocycles. The Labute approximate surface area is 164 Å². The number of benzene rings is 1. The number of aliphatic hydroxyl groups excluding tert-OH is 1. The molecule has 146 valence electrons. The van der Waals surface area contributed by atoms with E-state index in [0.29, 0.717) is 19.5 Å². The Morgan fingerprint density at radius 3 is 2.89 bits per heavy atom. The Hall–Kier alpha value is -2.70. The second-order valence-corrected chi connectivity index (χ2v) is 7.44. The lowest BCUT2D eigenvalue weighted by Gasteiger charge is -2.30. The zero-order valence-electron chi connectivity index (χ0n) is 15.9. The number of amides is 1. The van der Waals surface area contributed by atoms with Gasteiger partial charge in [-0.15, -0.1) is 0 Å². The standard InChI is InChI=1S/C22H26N4O2/c27-20(15-25-10-7-17-4-1-2-5-18(17)13-25)12-24-22(28)8-11-26-14-19-6-3-9-23-21(19)16-26/h1-6,9,14,16,20,27H,7-8,10-13,15H2,(H,24,28). The van der Waals surface area contributed by atoms with E-state index in [1.165, 1.54) is 11.1 Å². The van der Waals surface area contributed by atoms with Crippen molar-refractivity contribution in [1.29, 1.82) is 0 Å². The van der Waals surface area contributed by atoms with Crippen molar-refractivity contribution in [2.24, 2.45) is 0 Å². The van der Waals surface area contributed by atoms with Crippen molar-refractivity contribution in [3.05, 3.63) is 66.1 Å². The maximum absolute atomic E-state index is 12.1.